The molecule has 10 nitrogen and oxygen atoms in total. The first-order valence-electron chi connectivity index (χ1n) is 8.74. The number of rotatable bonds is 8. The van der Waals surface area contributed by atoms with Crippen LogP contribution in [0.25, 0.3) is 0 Å². The Bertz CT molecular complexity index is 810. The van der Waals surface area contributed by atoms with Crippen LogP contribution in [0, 0.1) is 21.4 Å². The lowest BCUT2D eigenvalue weighted by Crippen LogP contribution is -2.46. The number of benzene rings is 1. The van der Waals surface area contributed by atoms with Crippen molar-refractivity contribution in [3.8, 4) is 17.6 Å². The zero-order valence-electron chi connectivity index (χ0n) is 15.6. The van der Waals surface area contributed by atoms with E-state index in [0.29, 0.717) is 12.8 Å². The highest BCUT2D eigenvalue weighted by Gasteiger charge is 2.35. The smallest absolute Gasteiger partial charge is 0.345 e. The first-order valence-corrected chi connectivity index (χ1v) is 8.74. The first kappa shape index (κ1) is 21.0. The largest absolute Gasteiger partial charge is 0.493 e. The third kappa shape index (κ3) is 4.68. The number of esters is 1. The second kappa shape index (κ2) is 9.03. The van der Waals surface area contributed by atoms with Crippen LogP contribution in [-0.4, -0.2) is 42.7 Å². The number of nitro benzene ring substituents is 1. The topological polar surface area (TPSA) is 141 Å². The van der Waals surface area contributed by atoms with Gasteiger partial charge in [0.15, 0.2) is 18.1 Å². The Morgan fingerprint density at radius 2 is 2.00 bits per heavy atom. The summed E-state index contributed by atoms with van der Waals surface area (Å²) >= 11 is 0. The molecule has 0 bridgehead atoms. The number of nitrogens with zero attached hydrogens (tertiary/aromatic N) is 2. The van der Waals surface area contributed by atoms with E-state index in [0.717, 1.165) is 25.0 Å². The quantitative estimate of drug-likeness (QED) is 0.403. The number of carbonyl (C=O) groups is 2. The predicted octanol–water partition coefficient (Wildman–Crippen LogP) is 2.11. The van der Waals surface area contributed by atoms with Gasteiger partial charge < -0.3 is 19.5 Å². The second-order valence-corrected chi connectivity index (χ2v) is 6.24. The zero-order chi connectivity index (χ0) is 20.7. The highest BCUT2D eigenvalue weighted by atomic mass is 16.6. The van der Waals surface area contributed by atoms with Crippen LogP contribution in [0.1, 0.15) is 43.0 Å². The zero-order valence-corrected chi connectivity index (χ0v) is 15.6. The Kier molecular flexibility index (Phi) is 6.76. The number of nitrogens with one attached hydrogen (secondary N) is 1. The van der Waals surface area contributed by atoms with Gasteiger partial charge in [-0.2, -0.15) is 5.26 Å². The maximum atomic E-state index is 12.3. The number of ether oxygens (including phenoxy) is 3. The summed E-state index contributed by atoms with van der Waals surface area (Å²) in [6.07, 6.45) is 2.72. The van der Waals surface area contributed by atoms with Gasteiger partial charge in [-0.25, -0.2) is 4.79 Å². The highest BCUT2D eigenvalue weighted by molar-refractivity contribution is 5.96. The van der Waals surface area contributed by atoms with Crippen LogP contribution in [-0.2, 0) is 9.53 Å². The van der Waals surface area contributed by atoms with Gasteiger partial charge in [-0.3, -0.25) is 14.9 Å². The molecule has 2 rings (SSSR count). The Morgan fingerprint density at radius 3 is 2.54 bits per heavy atom. The van der Waals surface area contributed by atoms with Crippen molar-refractivity contribution >= 4 is 17.6 Å². The summed E-state index contributed by atoms with van der Waals surface area (Å²) in [5, 5.41) is 23.2. The molecule has 0 saturated heterocycles. The Balaban J connectivity index is 2.13. The van der Waals surface area contributed by atoms with E-state index in [9.17, 15) is 25.0 Å². The normalized spacial score (nSPS) is 14.6. The maximum Gasteiger partial charge on any atom is 0.345 e. The second-order valence-electron chi connectivity index (χ2n) is 6.24. The average molecular weight is 391 g/mol. The molecular weight excluding hydrogens is 370 g/mol. The van der Waals surface area contributed by atoms with Gasteiger partial charge in [0.05, 0.1) is 30.8 Å². The van der Waals surface area contributed by atoms with Crippen molar-refractivity contribution in [1.29, 1.82) is 5.26 Å². The van der Waals surface area contributed by atoms with Crippen molar-refractivity contribution < 1.29 is 28.7 Å². The summed E-state index contributed by atoms with van der Waals surface area (Å²) in [6, 6.07) is 4.30. The predicted molar refractivity (Wildman–Crippen MR) is 96.1 cm³/mol. The third-order valence-electron chi connectivity index (χ3n) is 4.38. The summed E-state index contributed by atoms with van der Waals surface area (Å²) in [6.45, 7) is 1.29. The number of methoxy groups -OCH3 is 1. The molecule has 0 spiro atoms. The molecule has 1 N–H and O–H groups in total. The van der Waals surface area contributed by atoms with Crippen LogP contribution in [0.4, 0.5) is 5.69 Å². The van der Waals surface area contributed by atoms with Crippen molar-refractivity contribution in [3.05, 3.63) is 27.8 Å². The van der Waals surface area contributed by atoms with Crippen molar-refractivity contribution in [3.63, 3.8) is 0 Å². The lowest BCUT2D eigenvalue weighted by atomic mass is 10.00. The van der Waals surface area contributed by atoms with E-state index in [1.807, 2.05) is 0 Å². The molecule has 1 saturated carbocycles. The van der Waals surface area contributed by atoms with Crippen LogP contribution in [0.5, 0.6) is 11.5 Å². The van der Waals surface area contributed by atoms with E-state index in [-0.39, 0.29) is 23.7 Å². The molecule has 1 aromatic carbocycles. The van der Waals surface area contributed by atoms with Gasteiger partial charge in [0.2, 0.25) is 0 Å². The fraction of sp³-hybridized carbons (Fsp3) is 0.500. The lowest BCUT2D eigenvalue weighted by molar-refractivity contribution is -0.385. The van der Waals surface area contributed by atoms with E-state index in [2.05, 4.69) is 11.4 Å². The minimum Gasteiger partial charge on any atom is -0.493 e. The summed E-state index contributed by atoms with van der Waals surface area (Å²) in [4.78, 5) is 35.0. The highest BCUT2D eigenvalue weighted by Crippen LogP contribution is 2.35. The SMILES string of the molecule is CCOc1cc([N+](=O)[O-])c(C(=O)OCC(=O)NC2(C#N)CCCC2)cc1OC. The first-order chi connectivity index (χ1) is 13.4. The van der Waals surface area contributed by atoms with E-state index >= 15 is 0 Å². The van der Waals surface area contributed by atoms with Crippen LogP contribution in [0.2, 0.25) is 0 Å². The molecule has 1 aromatic rings. The minimum absolute atomic E-state index is 0.114. The summed E-state index contributed by atoms with van der Waals surface area (Å²) in [5.74, 6) is -1.46. The molecule has 150 valence electrons. The Labute approximate surface area is 161 Å². The van der Waals surface area contributed by atoms with E-state index in [1.54, 1.807) is 6.92 Å². The van der Waals surface area contributed by atoms with Crippen LogP contribution < -0.4 is 14.8 Å². The van der Waals surface area contributed by atoms with E-state index < -0.39 is 34.6 Å². The molecule has 10 heteroatoms. The molecule has 0 unspecified atom stereocenters. The van der Waals surface area contributed by atoms with Crippen LogP contribution in [0.3, 0.4) is 0 Å². The standard InChI is InChI=1S/C18H21N3O7/c1-3-27-15-9-13(21(24)25)12(8-14(15)26-2)17(23)28-10-16(22)20-18(11-19)6-4-5-7-18/h8-9H,3-7,10H2,1-2H3,(H,20,22). The molecule has 0 atom stereocenters. The van der Waals surface area contributed by atoms with Crippen molar-refractivity contribution in [2.45, 2.75) is 38.1 Å². The number of hydrogen-bond acceptors (Lipinski definition) is 8. The van der Waals surface area contributed by atoms with Gasteiger partial charge in [-0.05, 0) is 32.6 Å². The van der Waals surface area contributed by atoms with Gasteiger partial charge in [0, 0.05) is 6.07 Å². The van der Waals surface area contributed by atoms with Gasteiger partial charge in [-0.1, -0.05) is 0 Å². The van der Waals surface area contributed by atoms with Gasteiger partial charge in [0.1, 0.15) is 11.1 Å². The molecule has 1 fully saturated rings. The molecular formula is C18H21N3O7. The molecule has 0 aromatic heterocycles. The van der Waals surface area contributed by atoms with Gasteiger partial charge in [-0.15, -0.1) is 0 Å². The number of hydrogen-bond donors (Lipinski definition) is 1. The minimum atomic E-state index is -1.05. The average Bonchev–Trinajstić information content (AvgIpc) is 3.14. The van der Waals surface area contributed by atoms with Crippen LogP contribution in [0.15, 0.2) is 12.1 Å². The fourth-order valence-corrected chi connectivity index (χ4v) is 3.05. The summed E-state index contributed by atoms with van der Waals surface area (Å²) in [7, 11) is 1.33. The van der Waals surface area contributed by atoms with Crippen LogP contribution >= 0.6 is 0 Å². The number of carbonyl (C=O) groups excluding carboxylic acids is 2. The lowest BCUT2D eigenvalue weighted by Gasteiger charge is -2.21. The molecule has 0 radical (unpaired) electrons. The van der Waals surface area contributed by atoms with Gasteiger partial charge in [0.25, 0.3) is 11.6 Å². The molecule has 0 heterocycles. The van der Waals surface area contributed by atoms with Crippen molar-refractivity contribution in [2.75, 3.05) is 20.3 Å². The Morgan fingerprint density at radius 1 is 1.32 bits per heavy atom. The maximum absolute atomic E-state index is 12.3. The molecule has 0 aliphatic heterocycles. The number of amides is 1. The van der Waals surface area contributed by atoms with Crippen molar-refractivity contribution in [1.82, 2.24) is 5.32 Å². The van der Waals surface area contributed by atoms with E-state index in [4.69, 9.17) is 14.2 Å². The number of nitriles is 1. The fourth-order valence-electron chi connectivity index (χ4n) is 3.05. The monoisotopic (exact) mass is 391 g/mol. The number of nitro groups is 1. The van der Waals surface area contributed by atoms with E-state index in [1.165, 1.54) is 7.11 Å². The van der Waals surface area contributed by atoms with Crippen molar-refractivity contribution in [2.24, 2.45) is 0 Å². The molecule has 1 aliphatic carbocycles. The molecule has 28 heavy (non-hydrogen) atoms. The van der Waals surface area contributed by atoms with Gasteiger partial charge >= 0.3 is 5.97 Å². The third-order valence-corrected chi connectivity index (χ3v) is 4.38. The Hall–Kier alpha value is -3.35. The molecule has 1 aliphatic rings. The molecule has 1 amide bonds. The summed E-state index contributed by atoms with van der Waals surface area (Å²) < 4.78 is 15.3. The summed E-state index contributed by atoms with van der Waals surface area (Å²) in [5.41, 5.74) is -1.84.